The number of rotatable bonds is 4. The van der Waals surface area contributed by atoms with E-state index in [9.17, 15) is 4.79 Å². The van der Waals surface area contributed by atoms with E-state index in [1.807, 2.05) is 13.8 Å². The minimum Gasteiger partial charge on any atom is -0.349 e. The Morgan fingerprint density at radius 3 is 2.30 bits per heavy atom. The molecule has 0 saturated carbocycles. The van der Waals surface area contributed by atoms with Crippen molar-refractivity contribution in [2.45, 2.75) is 72.8 Å². The highest BCUT2D eigenvalue weighted by Gasteiger charge is 2.23. The zero-order valence-electron chi connectivity index (χ0n) is 15.2. The van der Waals surface area contributed by atoms with Gasteiger partial charge in [-0.2, -0.15) is 0 Å². The van der Waals surface area contributed by atoms with Gasteiger partial charge < -0.3 is 5.32 Å². The van der Waals surface area contributed by atoms with Gasteiger partial charge in [-0.1, -0.05) is 34.6 Å². The lowest BCUT2D eigenvalue weighted by Gasteiger charge is -2.16. The number of nitrogens with zero attached hydrogens (tertiary/aromatic N) is 2. The van der Waals surface area contributed by atoms with E-state index in [1.54, 1.807) is 0 Å². The third kappa shape index (κ3) is 3.55. The Labute approximate surface area is 142 Å². The third-order valence-electron chi connectivity index (χ3n) is 4.17. The molecular weight excluding hydrogens is 306 g/mol. The summed E-state index contributed by atoms with van der Waals surface area (Å²) in [6.45, 7) is 14.5. The Kier molecular flexibility index (Phi) is 5.09. The quantitative estimate of drug-likeness (QED) is 0.894. The summed E-state index contributed by atoms with van der Waals surface area (Å²) in [7, 11) is 0. The summed E-state index contributed by atoms with van der Waals surface area (Å²) in [5, 5.41) is 4.15. The second-order valence-electron chi connectivity index (χ2n) is 7.11. The summed E-state index contributed by atoms with van der Waals surface area (Å²) in [6.07, 6.45) is 1.89. The number of nitrogens with one attached hydrogen (secondary N) is 1. The van der Waals surface area contributed by atoms with Crippen LogP contribution in [0.2, 0.25) is 0 Å². The van der Waals surface area contributed by atoms with E-state index in [1.165, 1.54) is 11.3 Å². The van der Waals surface area contributed by atoms with Gasteiger partial charge in [-0.05, 0) is 32.3 Å². The van der Waals surface area contributed by atoms with Crippen molar-refractivity contribution in [1.82, 2.24) is 15.3 Å². The summed E-state index contributed by atoms with van der Waals surface area (Å²) in [5.74, 6) is 0.839. The predicted molar refractivity (Wildman–Crippen MR) is 97.4 cm³/mol. The fourth-order valence-corrected chi connectivity index (χ4v) is 3.77. The van der Waals surface area contributed by atoms with Crippen LogP contribution in [0.1, 0.15) is 74.2 Å². The predicted octanol–water partition coefficient (Wildman–Crippen LogP) is 4.52. The molecule has 2 aromatic heterocycles. The number of carbonyl (C=O) groups excluding carboxylic acids is 1. The molecule has 0 unspecified atom stereocenters. The largest absolute Gasteiger partial charge is 0.349 e. The number of hydrogen-bond acceptors (Lipinski definition) is 4. The van der Waals surface area contributed by atoms with Gasteiger partial charge in [-0.3, -0.25) is 4.79 Å². The highest BCUT2D eigenvalue weighted by molar-refractivity contribution is 7.20. The lowest BCUT2D eigenvalue weighted by atomic mass is 9.95. The number of aromatic nitrogens is 2. The van der Waals surface area contributed by atoms with E-state index in [-0.39, 0.29) is 17.4 Å². The van der Waals surface area contributed by atoms with Crippen molar-refractivity contribution in [2.24, 2.45) is 0 Å². The van der Waals surface area contributed by atoms with Crippen LogP contribution in [0.15, 0.2) is 0 Å². The fourth-order valence-electron chi connectivity index (χ4n) is 2.63. The van der Waals surface area contributed by atoms with Gasteiger partial charge in [0.25, 0.3) is 5.91 Å². The molecule has 0 aliphatic heterocycles. The SMILES string of the molecule is CCC(CC)NC(=O)c1sc2nc(C(C)(C)C)nc(C)c2c1C. The second-order valence-corrected chi connectivity index (χ2v) is 8.10. The molecule has 0 fully saturated rings. The van der Waals surface area contributed by atoms with Gasteiger partial charge in [0, 0.05) is 16.8 Å². The molecule has 1 amide bonds. The molecule has 0 atom stereocenters. The number of aryl methyl sites for hydroxylation is 2. The van der Waals surface area contributed by atoms with Crippen LogP contribution in [-0.2, 0) is 5.41 Å². The Bertz CT molecular complexity index is 724. The van der Waals surface area contributed by atoms with Crippen LogP contribution < -0.4 is 5.32 Å². The maximum atomic E-state index is 12.6. The molecule has 0 radical (unpaired) electrons. The molecule has 1 N–H and O–H groups in total. The molecule has 2 aromatic rings. The van der Waals surface area contributed by atoms with Crippen LogP contribution >= 0.6 is 11.3 Å². The Hall–Kier alpha value is -1.49. The van der Waals surface area contributed by atoms with E-state index in [2.05, 4.69) is 44.9 Å². The van der Waals surface area contributed by atoms with Crippen LogP contribution in [0.3, 0.4) is 0 Å². The Morgan fingerprint density at radius 1 is 1.17 bits per heavy atom. The minimum absolute atomic E-state index is 0.0101. The van der Waals surface area contributed by atoms with E-state index in [0.29, 0.717) is 0 Å². The zero-order chi connectivity index (χ0) is 17.4. The van der Waals surface area contributed by atoms with Crippen LogP contribution in [-0.4, -0.2) is 21.9 Å². The number of fused-ring (bicyclic) bond motifs is 1. The maximum absolute atomic E-state index is 12.6. The van der Waals surface area contributed by atoms with Crippen molar-refractivity contribution >= 4 is 27.5 Å². The zero-order valence-corrected chi connectivity index (χ0v) is 16.0. The minimum atomic E-state index is -0.102. The molecule has 0 aromatic carbocycles. The van der Waals surface area contributed by atoms with Gasteiger partial charge >= 0.3 is 0 Å². The highest BCUT2D eigenvalue weighted by Crippen LogP contribution is 2.33. The molecule has 0 aliphatic rings. The first-order valence-corrected chi connectivity index (χ1v) is 9.09. The normalized spacial score (nSPS) is 12.2. The lowest BCUT2D eigenvalue weighted by Crippen LogP contribution is -2.33. The van der Waals surface area contributed by atoms with Crippen molar-refractivity contribution in [1.29, 1.82) is 0 Å². The van der Waals surface area contributed by atoms with Crippen LogP contribution in [0.25, 0.3) is 10.2 Å². The van der Waals surface area contributed by atoms with Crippen molar-refractivity contribution < 1.29 is 4.79 Å². The molecular formula is C18H27N3OS. The second kappa shape index (κ2) is 6.56. The topological polar surface area (TPSA) is 54.9 Å². The third-order valence-corrected chi connectivity index (χ3v) is 5.35. The molecule has 0 bridgehead atoms. The van der Waals surface area contributed by atoms with Gasteiger partial charge in [0.15, 0.2) is 0 Å². The monoisotopic (exact) mass is 333 g/mol. The van der Waals surface area contributed by atoms with Gasteiger partial charge in [0.05, 0.1) is 10.6 Å². The smallest absolute Gasteiger partial charge is 0.261 e. The van der Waals surface area contributed by atoms with Gasteiger partial charge in [-0.15, -0.1) is 11.3 Å². The standard InChI is InChI=1S/C18H27N3OS/c1-8-12(9-2)20-15(22)14-10(3)13-11(4)19-17(18(5,6)7)21-16(13)23-14/h12H,8-9H2,1-7H3,(H,20,22). The number of hydrogen-bond donors (Lipinski definition) is 1. The summed E-state index contributed by atoms with van der Waals surface area (Å²) >= 11 is 1.48. The van der Waals surface area contributed by atoms with Crippen molar-refractivity contribution in [3.63, 3.8) is 0 Å². The first kappa shape index (κ1) is 17.9. The number of thiophene rings is 1. The molecule has 4 nitrogen and oxygen atoms in total. The molecule has 23 heavy (non-hydrogen) atoms. The molecule has 2 rings (SSSR count). The summed E-state index contributed by atoms with van der Waals surface area (Å²) in [4.78, 5) is 23.7. The Balaban J connectivity index is 2.49. The van der Waals surface area contributed by atoms with E-state index >= 15 is 0 Å². The molecule has 2 heterocycles. The summed E-state index contributed by atoms with van der Waals surface area (Å²) in [6, 6.07) is 0.226. The van der Waals surface area contributed by atoms with Gasteiger partial charge in [0.2, 0.25) is 0 Å². The lowest BCUT2D eigenvalue weighted by molar-refractivity contribution is 0.0938. The van der Waals surface area contributed by atoms with Crippen molar-refractivity contribution in [2.75, 3.05) is 0 Å². The first-order valence-electron chi connectivity index (χ1n) is 8.28. The maximum Gasteiger partial charge on any atom is 0.261 e. The fraction of sp³-hybridized carbons (Fsp3) is 0.611. The Morgan fingerprint density at radius 2 is 1.78 bits per heavy atom. The molecule has 5 heteroatoms. The molecule has 0 saturated heterocycles. The van der Waals surface area contributed by atoms with Crippen LogP contribution in [0.5, 0.6) is 0 Å². The summed E-state index contributed by atoms with van der Waals surface area (Å²) < 4.78 is 0. The van der Waals surface area contributed by atoms with E-state index in [0.717, 1.165) is 45.0 Å². The molecule has 126 valence electrons. The van der Waals surface area contributed by atoms with Crippen molar-refractivity contribution in [3.8, 4) is 0 Å². The number of carbonyl (C=O) groups is 1. The van der Waals surface area contributed by atoms with Crippen molar-refractivity contribution in [3.05, 3.63) is 22.0 Å². The first-order chi connectivity index (χ1) is 10.7. The summed E-state index contributed by atoms with van der Waals surface area (Å²) in [5.41, 5.74) is 1.84. The highest BCUT2D eigenvalue weighted by atomic mass is 32.1. The van der Waals surface area contributed by atoms with Crippen LogP contribution in [0, 0.1) is 13.8 Å². The van der Waals surface area contributed by atoms with E-state index < -0.39 is 0 Å². The number of amides is 1. The molecule has 0 spiro atoms. The van der Waals surface area contributed by atoms with E-state index in [4.69, 9.17) is 4.98 Å². The van der Waals surface area contributed by atoms with Crippen LogP contribution in [0.4, 0.5) is 0 Å². The molecule has 0 aliphatic carbocycles. The van der Waals surface area contributed by atoms with Gasteiger partial charge in [-0.25, -0.2) is 9.97 Å². The van der Waals surface area contributed by atoms with Gasteiger partial charge in [0.1, 0.15) is 10.7 Å². The average Bonchev–Trinajstić information content (AvgIpc) is 2.81. The average molecular weight is 334 g/mol.